The highest BCUT2D eigenvalue weighted by atomic mass is 16.3. The molecule has 0 radical (unpaired) electrons. The van der Waals surface area contributed by atoms with E-state index in [0.717, 1.165) is 0 Å². The lowest BCUT2D eigenvalue weighted by atomic mass is 10.1. The van der Waals surface area contributed by atoms with E-state index in [1.807, 2.05) is 12.1 Å². The molecule has 32 heavy (non-hydrogen) atoms. The predicted molar refractivity (Wildman–Crippen MR) is 133 cm³/mol. The molecular formula is C30H32O2. The Morgan fingerprint density at radius 3 is 0.812 bits per heavy atom. The Morgan fingerprint density at radius 1 is 0.344 bits per heavy atom. The van der Waals surface area contributed by atoms with Gasteiger partial charge in [-0.15, -0.1) is 0 Å². The standard InChI is InChI=1S/2C9H10.2C6H6O/c2*1-2-5-9-7-3-6-8(9)4-1;2*7-6-4-2-1-3-5-6/h2*1-2,4-5H,3,6-7H2;2*1-5,7H. The molecule has 0 amide bonds. The van der Waals surface area contributed by atoms with Crippen molar-refractivity contribution < 1.29 is 10.2 Å². The minimum Gasteiger partial charge on any atom is -0.508 e. The fraction of sp³-hybridized carbons (Fsp3) is 0.200. The largest absolute Gasteiger partial charge is 0.508 e. The number of hydrogen-bond donors (Lipinski definition) is 2. The maximum atomic E-state index is 8.63. The smallest absolute Gasteiger partial charge is 0.115 e. The molecule has 0 atom stereocenters. The van der Waals surface area contributed by atoms with Crippen LogP contribution in [0.15, 0.2) is 109 Å². The fourth-order valence-corrected chi connectivity index (χ4v) is 3.89. The zero-order valence-electron chi connectivity index (χ0n) is 18.5. The van der Waals surface area contributed by atoms with E-state index >= 15 is 0 Å². The third kappa shape index (κ3) is 7.96. The highest BCUT2D eigenvalue weighted by Crippen LogP contribution is 2.21. The molecule has 0 bridgehead atoms. The number of phenolic OH excluding ortho intramolecular Hbond substituents is 2. The molecule has 6 rings (SSSR count). The van der Waals surface area contributed by atoms with Crippen molar-refractivity contribution in [2.45, 2.75) is 38.5 Å². The van der Waals surface area contributed by atoms with E-state index in [1.54, 1.807) is 70.8 Å². The summed E-state index contributed by atoms with van der Waals surface area (Å²) in [7, 11) is 0. The van der Waals surface area contributed by atoms with Crippen molar-refractivity contribution in [3.8, 4) is 11.5 Å². The van der Waals surface area contributed by atoms with Crippen molar-refractivity contribution in [2.24, 2.45) is 0 Å². The first-order valence-corrected chi connectivity index (χ1v) is 11.3. The highest BCUT2D eigenvalue weighted by molar-refractivity contribution is 5.31. The molecular weight excluding hydrogens is 392 g/mol. The summed E-state index contributed by atoms with van der Waals surface area (Å²) in [5.74, 6) is 0.644. The Morgan fingerprint density at radius 2 is 0.594 bits per heavy atom. The van der Waals surface area contributed by atoms with Gasteiger partial charge >= 0.3 is 0 Å². The van der Waals surface area contributed by atoms with Crippen LogP contribution < -0.4 is 0 Å². The number of benzene rings is 4. The van der Waals surface area contributed by atoms with E-state index in [4.69, 9.17) is 10.2 Å². The van der Waals surface area contributed by atoms with Gasteiger partial charge in [-0.25, -0.2) is 0 Å². The van der Waals surface area contributed by atoms with Crippen molar-refractivity contribution in [3.63, 3.8) is 0 Å². The molecule has 0 fully saturated rings. The average Bonchev–Trinajstić information content (AvgIpc) is 3.51. The molecule has 0 spiro atoms. The van der Waals surface area contributed by atoms with Crippen LogP contribution in [0.5, 0.6) is 11.5 Å². The lowest BCUT2D eigenvalue weighted by Crippen LogP contribution is -1.77. The molecule has 2 heteroatoms. The number of aryl methyl sites for hydroxylation is 4. The van der Waals surface area contributed by atoms with Gasteiger partial charge in [-0.3, -0.25) is 0 Å². The minimum atomic E-state index is 0.322. The second kappa shape index (κ2) is 13.0. The van der Waals surface area contributed by atoms with Crippen LogP contribution in [0.4, 0.5) is 0 Å². The van der Waals surface area contributed by atoms with E-state index in [1.165, 1.54) is 38.5 Å². The van der Waals surface area contributed by atoms with Crippen molar-refractivity contribution in [3.05, 3.63) is 131 Å². The second-order valence-corrected chi connectivity index (χ2v) is 7.92. The summed E-state index contributed by atoms with van der Waals surface area (Å²) in [5.41, 5.74) is 6.27. The van der Waals surface area contributed by atoms with Crippen LogP contribution in [0.25, 0.3) is 0 Å². The second-order valence-electron chi connectivity index (χ2n) is 7.92. The number of rotatable bonds is 0. The summed E-state index contributed by atoms with van der Waals surface area (Å²) in [4.78, 5) is 0. The topological polar surface area (TPSA) is 40.5 Å². The highest BCUT2D eigenvalue weighted by Gasteiger charge is 2.08. The van der Waals surface area contributed by atoms with E-state index in [0.29, 0.717) is 11.5 Å². The Balaban J connectivity index is 0.000000122. The normalized spacial score (nSPS) is 12.5. The molecule has 0 saturated carbocycles. The molecule has 4 aromatic carbocycles. The lowest BCUT2D eigenvalue weighted by molar-refractivity contribution is 0.475. The van der Waals surface area contributed by atoms with Crippen molar-refractivity contribution in [1.82, 2.24) is 0 Å². The Bertz CT molecular complexity index is 909. The third-order valence-electron chi connectivity index (χ3n) is 5.53. The molecule has 0 unspecified atom stereocenters. The SMILES string of the molecule is Oc1ccccc1.Oc1ccccc1.c1ccc2c(c1)CCC2.c1ccc2c(c1)CCC2. The number of aromatic hydroxyl groups is 2. The lowest BCUT2D eigenvalue weighted by Gasteiger charge is -1.93. The van der Waals surface area contributed by atoms with E-state index in [-0.39, 0.29) is 0 Å². The van der Waals surface area contributed by atoms with Gasteiger partial charge < -0.3 is 10.2 Å². The first-order valence-electron chi connectivity index (χ1n) is 11.3. The summed E-state index contributed by atoms with van der Waals surface area (Å²) < 4.78 is 0. The molecule has 4 aromatic rings. The van der Waals surface area contributed by atoms with Gasteiger partial charge in [0, 0.05) is 0 Å². The molecule has 2 aliphatic carbocycles. The van der Waals surface area contributed by atoms with E-state index < -0.39 is 0 Å². The van der Waals surface area contributed by atoms with Crippen LogP contribution in [0.2, 0.25) is 0 Å². The van der Waals surface area contributed by atoms with Crippen LogP contribution in [-0.4, -0.2) is 10.2 Å². The number of phenols is 2. The number of fused-ring (bicyclic) bond motifs is 2. The van der Waals surface area contributed by atoms with E-state index in [2.05, 4.69) is 48.5 Å². The maximum Gasteiger partial charge on any atom is 0.115 e. The minimum absolute atomic E-state index is 0.322. The van der Waals surface area contributed by atoms with Crippen LogP contribution in [0, 0.1) is 0 Å². The monoisotopic (exact) mass is 424 g/mol. The maximum absolute atomic E-state index is 8.63. The van der Waals surface area contributed by atoms with Crippen LogP contribution in [-0.2, 0) is 25.7 Å². The quantitative estimate of drug-likeness (QED) is 0.315. The number of hydrogen-bond acceptors (Lipinski definition) is 2. The van der Waals surface area contributed by atoms with Gasteiger partial charge in [0.05, 0.1) is 0 Å². The Kier molecular flexibility index (Phi) is 9.41. The summed E-state index contributed by atoms with van der Waals surface area (Å²) in [6.07, 6.45) is 7.93. The van der Waals surface area contributed by atoms with Crippen molar-refractivity contribution in [2.75, 3.05) is 0 Å². The van der Waals surface area contributed by atoms with Gasteiger partial charge in [0.15, 0.2) is 0 Å². The van der Waals surface area contributed by atoms with Crippen LogP contribution >= 0.6 is 0 Å². The first kappa shape index (κ1) is 23.1. The van der Waals surface area contributed by atoms with Gasteiger partial charge in [0.25, 0.3) is 0 Å². The Hall–Kier alpha value is -3.52. The first-order chi connectivity index (χ1) is 15.7. The van der Waals surface area contributed by atoms with Crippen molar-refractivity contribution in [1.29, 1.82) is 0 Å². The van der Waals surface area contributed by atoms with Crippen LogP contribution in [0.1, 0.15) is 35.1 Å². The third-order valence-corrected chi connectivity index (χ3v) is 5.53. The molecule has 2 N–H and O–H groups in total. The number of para-hydroxylation sites is 2. The zero-order chi connectivity index (χ0) is 22.4. The van der Waals surface area contributed by atoms with Crippen LogP contribution in [0.3, 0.4) is 0 Å². The molecule has 164 valence electrons. The van der Waals surface area contributed by atoms with Gasteiger partial charge in [-0.05, 0) is 85.0 Å². The van der Waals surface area contributed by atoms with E-state index in [9.17, 15) is 0 Å². The van der Waals surface area contributed by atoms with Gasteiger partial charge in [-0.2, -0.15) is 0 Å². The summed E-state index contributed by atoms with van der Waals surface area (Å²) in [6, 6.07) is 34.9. The zero-order valence-corrected chi connectivity index (χ0v) is 18.5. The average molecular weight is 425 g/mol. The van der Waals surface area contributed by atoms with Gasteiger partial charge in [0.1, 0.15) is 11.5 Å². The van der Waals surface area contributed by atoms with Gasteiger partial charge in [0.2, 0.25) is 0 Å². The Labute approximate surface area is 191 Å². The molecule has 0 aliphatic heterocycles. The molecule has 0 saturated heterocycles. The predicted octanol–water partition coefficient (Wildman–Crippen LogP) is 7.14. The molecule has 2 aliphatic rings. The molecule has 2 nitrogen and oxygen atoms in total. The molecule has 0 heterocycles. The fourth-order valence-electron chi connectivity index (χ4n) is 3.89. The van der Waals surface area contributed by atoms with Gasteiger partial charge in [-0.1, -0.05) is 84.9 Å². The van der Waals surface area contributed by atoms with Crippen molar-refractivity contribution >= 4 is 0 Å². The summed E-state index contributed by atoms with van der Waals surface area (Å²) in [5, 5.41) is 17.3. The summed E-state index contributed by atoms with van der Waals surface area (Å²) in [6.45, 7) is 0. The summed E-state index contributed by atoms with van der Waals surface area (Å²) >= 11 is 0. The molecule has 0 aromatic heterocycles.